The fourth-order valence-corrected chi connectivity index (χ4v) is 2.39. The van der Waals surface area contributed by atoms with Gasteiger partial charge in [0.1, 0.15) is 0 Å². The zero-order chi connectivity index (χ0) is 13.5. The third-order valence-electron chi connectivity index (χ3n) is 2.67. The van der Waals surface area contributed by atoms with E-state index in [4.69, 9.17) is 15.7 Å². The molecule has 0 aliphatic carbocycles. The summed E-state index contributed by atoms with van der Waals surface area (Å²) in [6.07, 6.45) is 0.928. The van der Waals surface area contributed by atoms with E-state index < -0.39 is 0 Å². The van der Waals surface area contributed by atoms with Crippen molar-refractivity contribution >= 4 is 17.2 Å². The molecule has 1 aromatic heterocycles. The lowest BCUT2D eigenvalue weighted by Crippen LogP contribution is -2.13. The Kier molecular flexibility index (Phi) is 4.94. The number of nitrogens with two attached hydrogens (primary N) is 1. The van der Waals surface area contributed by atoms with Gasteiger partial charge in [0.25, 0.3) is 0 Å². The Balaban J connectivity index is 1.82. The molecule has 1 aromatic carbocycles. The average Bonchev–Trinajstić information content (AvgIpc) is 2.96. The van der Waals surface area contributed by atoms with Gasteiger partial charge in [-0.3, -0.25) is 0 Å². The van der Waals surface area contributed by atoms with Gasteiger partial charge in [0.2, 0.25) is 0 Å². The highest BCUT2D eigenvalue weighted by atomic mass is 32.1. The van der Waals surface area contributed by atoms with Crippen molar-refractivity contribution in [3.63, 3.8) is 0 Å². The maximum atomic E-state index is 8.63. The van der Waals surface area contributed by atoms with E-state index in [0.717, 1.165) is 12.0 Å². The van der Waals surface area contributed by atoms with Crippen molar-refractivity contribution in [2.45, 2.75) is 13.0 Å². The van der Waals surface area contributed by atoms with Gasteiger partial charge in [-0.15, -0.1) is 11.3 Å². The van der Waals surface area contributed by atoms with Gasteiger partial charge in [-0.2, -0.15) is 0 Å². The van der Waals surface area contributed by atoms with Gasteiger partial charge >= 0.3 is 0 Å². The Morgan fingerprint density at radius 2 is 2.21 bits per heavy atom. The molecule has 0 aliphatic heterocycles. The van der Waals surface area contributed by atoms with Crippen molar-refractivity contribution in [3.05, 3.63) is 57.8 Å². The summed E-state index contributed by atoms with van der Waals surface area (Å²) in [7, 11) is 0. The second-order valence-corrected chi connectivity index (χ2v) is 5.10. The van der Waals surface area contributed by atoms with Gasteiger partial charge < -0.3 is 15.7 Å². The number of thiophene rings is 1. The first-order chi connectivity index (χ1) is 9.29. The van der Waals surface area contributed by atoms with Gasteiger partial charge in [0.05, 0.1) is 13.2 Å². The number of ether oxygens (including phenoxy) is 1. The van der Waals surface area contributed by atoms with Gasteiger partial charge in [0, 0.05) is 16.9 Å². The van der Waals surface area contributed by atoms with E-state index in [2.05, 4.69) is 16.6 Å². The monoisotopic (exact) mass is 276 g/mol. The molecule has 1 heterocycles. The number of oxime groups is 1. The van der Waals surface area contributed by atoms with Crippen LogP contribution in [0, 0.1) is 0 Å². The van der Waals surface area contributed by atoms with Gasteiger partial charge in [-0.1, -0.05) is 29.4 Å². The van der Waals surface area contributed by atoms with E-state index in [1.54, 1.807) is 17.4 Å². The van der Waals surface area contributed by atoms with E-state index in [1.165, 1.54) is 4.88 Å². The zero-order valence-electron chi connectivity index (χ0n) is 10.5. The summed E-state index contributed by atoms with van der Waals surface area (Å²) in [4.78, 5) is 1.32. The summed E-state index contributed by atoms with van der Waals surface area (Å²) in [5, 5.41) is 13.7. The first-order valence-corrected chi connectivity index (χ1v) is 6.84. The first-order valence-electron chi connectivity index (χ1n) is 5.96. The molecule has 2 aromatic rings. The molecule has 3 N–H and O–H groups in total. The normalized spacial score (nSPS) is 11.7. The van der Waals surface area contributed by atoms with Crippen molar-refractivity contribution in [2.24, 2.45) is 10.9 Å². The van der Waals surface area contributed by atoms with Crippen LogP contribution in [0.25, 0.3) is 0 Å². The number of benzene rings is 1. The highest BCUT2D eigenvalue weighted by molar-refractivity contribution is 7.09. The summed E-state index contributed by atoms with van der Waals surface area (Å²) >= 11 is 1.74. The van der Waals surface area contributed by atoms with Crippen molar-refractivity contribution in [2.75, 3.05) is 6.61 Å². The van der Waals surface area contributed by atoms with E-state index in [1.807, 2.05) is 24.3 Å². The molecule has 0 atom stereocenters. The molecule has 4 nitrogen and oxygen atoms in total. The predicted octanol–water partition coefficient (Wildman–Crippen LogP) is 2.60. The van der Waals surface area contributed by atoms with Crippen LogP contribution in [0.1, 0.15) is 16.0 Å². The minimum absolute atomic E-state index is 0.112. The molecular weight excluding hydrogens is 260 g/mol. The molecule has 0 amide bonds. The lowest BCUT2D eigenvalue weighted by atomic mass is 10.1. The quantitative estimate of drug-likeness (QED) is 0.280. The van der Waals surface area contributed by atoms with Gasteiger partial charge in [0.15, 0.2) is 5.84 Å². The molecule has 0 saturated carbocycles. The zero-order valence-corrected chi connectivity index (χ0v) is 11.3. The minimum atomic E-state index is 0.112. The number of amidine groups is 1. The van der Waals surface area contributed by atoms with Crippen molar-refractivity contribution < 1.29 is 9.94 Å². The summed E-state index contributed by atoms with van der Waals surface area (Å²) in [5.41, 5.74) is 7.25. The lowest BCUT2D eigenvalue weighted by molar-refractivity contribution is 0.124. The standard InChI is InChI=1S/C14H16N2O2S/c15-14(16-17)12-4-1-3-11(9-12)10-18-7-6-13-5-2-8-19-13/h1-5,8-9,17H,6-7,10H2,(H2,15,16). The molecule has 0 spiro atoms. The van der Waals surface area contributed by atoms with E-state index in [-0.39, 0.29) is 5.84 Å². The molecule has 0 saturated heterocycles. The number of rotatable bonds is 6. The molecule has 0 aliphatic rings. The summed E-state index contributed by atoms with van der Waals surface area (Å²) in [6, 6.07) is 11.6. The number of hydrogen-bond donors (Lipinski definition) is 2. The molecule has 5 heteroatoms. The highest BCUT2D eigenvalue weighted by Gasteiger charge is 2.01. The molecule has 100 valence electrons. The molecule has 19 heavy (non-hydrogen) atoms. The molecule has 0 radical (unpaired) electrons. The Labute approximate surface area is 116 Å². The Morgan fingerprint density at radius 1 is 1.32 bits per heavy atom. The van der Waals surface area contributed by atoms with Crippen LogP contribution in [0.4, 0.5) is 0 Å². The molecule has 0 bridgehead atoms. The highest BCUT2D eigenvalue weighted by Crippen LogP contribution is 2.10. The predicted molar refractivity (Wildman–Crippen MR) is 76.6 cm³/mol. The van der Waals surface area contributed by atoms with E-state index in [0.29, 0.717) is 18.8 Å². The number of nitrogens with zero attached hydrogens (tertiary/aromatic N) is 1. The van der Waals surface area contributed by atoms with E-state index in [9.17, 15) is 0 Å². The second kappa shape index (κ2) is 6.92. The lowest BCUT2D eigenvalue weighted by Gasteiger charge is -2.05. The maximum absolute atomic E-state index is 8.63. The van der Waals surface area contributed by atoms with Crippen molar-refractivity contribution in [3.8, 4) is 0 Å². The van der Waals surface area contributed by atoms with Crippen LogP contribution in [0.5, 0.6) is 0 Å². The van der Waals surface area contributed by atoms with Crippen LogP contribution in [-0.4, -0.2) is 17.6 Å². The van der Waals surface area contributed by atoms with Gasteiger partial charge in [-0.25, -0.2) is 0 Å². The average molecular weight is 276 g/mol. The molecular formula is C14H16N2O2S. The SMILES string of the molecule is NC(=NO)c1cccc(COCCc2cccs2)c1. The second-order valence-electron chi connectivity index (χ2n) is 4.07. The maximum Gasteiger partial charge on any atom is 0.170 e. The Morgan fingerprint density at radius 3 is 2.95 bits per heavy atom. The van der Waals surface area contributed by atoms with Crippen LogP contribution in [0.3, 0.4) is 0 Å². The van der Waals surface area contributed by atoms with Crippen molar-refractivity contribution in [1.82, 2.24) is 0 Å². The van der Waals surface area contributed by atoms with Crippen LogP contribution >= 0.6 is 11.3 Å². The smallest absolute Gasteiger partial charge is 0.170 e. The van der Waals surface area contributed by atoms with Crippen LogP contribution in [0.2, 0.25) is 0 Å². The summed E-state index contributed by atoms with van der Waals surface area (Å²) in [6.45, 7) is 1.21. The largest absolute Gasteiger partial charge is 0.409 e. The molecule has 0 unspecified atom stereocenters. The third kappa shape index (κ3) is 4.08. The molecule has 0 fully saturated rings. The topological polar surface area (TPSA) is 67.8 Å². The van der Waals surface area contributed by atoms with Crippen LogP contribution in [-0.2, 0) is 17.8 Å². The fourth-order valence-electron chi connectivity index (χ4n) is 1.70. The Hall–Kier alpha value is -1.85. The fraction of sp³-hybridized carbons (Fsp3) is 0.214. The summed E-state index contributed by atoms with van der Waals surface area (Å²) < 4.78 is 5.62. The summed E-state index contributed by atoms with van der Waals surface area (Å²) in [5.74, 6) is 0.112. The van der Waals surface area contributed by atoms with Crippen LogP contribution < -0.4 is 5.73 Å². The van der Waals surface area contributed by atoms with Gasteiger partial charge in [-0.05, 0) is 23.1 Å². The third-order valence-corrected chi connectivity index (χ3v) is 3.61. The van der Waals surface area contributed by atoms with E-state index >= 15 is 0 Å². The van der Waals surface area contributed by atoms with Crippen molar-refractivity contribution in [1.29, 1.82) is 0 Å². The first kappa shape index (κ1) is 13.6. The van der Waals surface area contributed by atoms with Crippen LogP contribution in [0.15, 0.2) is 46.9 Å². The minimum Gasteiger partial charge on any atom is -0.409 e. The number of hydrogen-bond acceptors (Lipinski definition) is 4. The Bertz CT molecular complexity index is 538. The molecule has 2 rings (SSSR count).